The Morgan fingerprint density at radius 3 is 2.53 bits per heavy atom. The molecule has 1 aliphatic carbocycles. The molecular weight excluding hydrogens is 216 g/mol. The van der Waals surface area contributed by atoms with Gasteiger partial charge in [0.2, 0.25) is 0 Å². The molecule has 0 fully saturated rings. The van der Waals surface area contributed by atoms with E-state index < -0.39 is 0 Å². The van der Waals surface area contributed by atoms with E-state index in [-0.39, 0.29) is 23.5 Å². The summed E-state index contributed by atoms with van der Waals surface area (Å²) in [6.07, 6.45) is 3.59. The number of hydrogen-bond acceptors (Lipinski definition) is 4. The molecule has 0 amide bonds. The third kappa shape index (κ3) is 2.12. The van der Waals surface area contributed by atoms with Gasteiger partial charge in [0.05, 0.1) is 11.7 Å². The quantitative estimate of drug-likeness (QED) is 0.438. The first-order valence-electron chi connectivity index (χ1n) is 5.46. The Hall–Kier alpha value is -1.94. The standard InChI is InChI=1S/C13H16N2O2/c1-7-4-9(6-12(17)13(7)15)8-2-3-10(14)11(16)5-8/h2-7,13,16-17H,14-15H2,1H3. The number of rotatable bonds is 1. The van der Waals surface area contributed by atoms with Crippen LogP contribution >= 0.6 is 0 Å². The maximum atomic E-state index is 9.71. The number of allylic oxidation sites excluding steroid dienone is 2. The lowest BCUT2D eigenvalue weighted by molar-refractivity contribution is 0.341. The third-order valence-corrected chi connectivity index (χ3v) is 3.02. The van der Waals surface area contributed by atoms with Crippen molar-refractivity contribution in [3.8, 4) is 5.75 Å². The van der Waals surface area contributed by atoms with Gasteiger partial charge in [-0.1, -0.05) is 19.1 Å². The molecule has 90 valence electrons. The predicted octanol–water partition coefficient (Wildman–Crippen LogP) is 1.78. The lowest BCUT2D eigenvalue weighted by Crippen LogP contribution is -2.31. The monoisotopic (exact) mass is 232 g/mol. The van der Waals surface area contributed by atoms with Gasteiger partial charge in [0.25, 0.3) is 0 Å². The van der Waals surface area contributed by atoms with Gasteiger partial charge in [-0.05, 0) is 35.3 Å². The predicted molar refractivity (Wildman–Crippen MR) is 68.3 cm³/mol. The van der Waals surface area contributed by atoms with Crippen LogP contribution in [-0.4, -0.2) is 16.3 Å². The maximum Gasteiger partial charge on any atom is 0.139 e. The highest BCUT2D eigenvalue weighted by Crippen LogP contribution is 2.30. The van der Waals surface area contributed by atoms with Crippen LogP contribution in [0.15, 0.2) is 36.1 Å². The number of aliphatic hydroxyl groups is 1. The van der Waals surface area contributed by atoms with Gasteiger partial charge in [-0.15, -0.1) is 0 Å². The molecule has 1 aromatic carbocycles. The molecule has 0 aromatic heterocycles. The molecule has 1 aromatic rings. The van der Waals surface area contributed by atoms with Crippen LogP contribution in [0.1, 0.15) is 12.5 Å². The molecule has 2 atom stereocenters. The Labute approximate surface area is 99.9 Å². The van der Waals surface area contributed by atoms with Crippen molar-refractivity contribution >= 4 is 11.3 Å². The lowest BCUT2D eigenvalue weighted by atomic mass is 9.89. The number of phenolic OH excluding ortho intramolecular Hbond substituents is 1. The Balaban J connectivity index is 2.41. The average molecular weight is 232 g/mol. The average Bonchev–Trinajstić information content (AvgIpc) is 2.29. The Bertz CT molecular complexity index is 506. The number of benzene rings is 1. The maximum absolute atomic E-state index is 9.71. The summed E-state index contributed by atoms with van der Waals surface area (Å²) in [7, 11) is 0. The first kappa shape index (κ1) is 11.5. The van der Waals surface area contributed by atoms with Crippen LogP contribution < -0.4 is 11.5 Å². The van der Waals surface area contributed by atoms with E-state index in [1.807, 2.05) is 13.0 Å². The molecule has 4 heteroatoms. The summed E-state index contributed by atoms with van der Waals surface area (Å²) in [6, 6.07) is 4.65. The van der Waals surface area contributed by atoms with Crippen LogP contribution in [0.4, 0.5) is 5.69 Å². The molecule has 2 rings (SSSR count). The molecular formula is C13H16N2O2. The normalized spacial score (nSPS) is 24.1. The van der Waals surface area contributed by atoms with E-state index >= 15 is 0 Å². The molecule has 6 N–H and O–H groups in total. The molecule has 0 spiro atoms. The second-order valence-corrected chi connectivity index (χ2v) is 4.35. The van der Waals surface area contributed by atoms with Gasteiger partial charge in [0.15, 0.2) is 0 Å². The number of hydrogen-bond donors (Lipinski definition) is 4. The molecule has 1 aliphatic rings. The minimum Gasteiger partial charge on any atom is -0.511 e. The molecule has 0 saturated carbocycles. The van der Waals surface area contributed by atoms with Crippen molar-refractivity contribution in [1.29, 1.82) is 0 Å². The van der Waals surface area contributed by atoms with Crippen LogP contribution in [0.5, 0.6) is 5.75 Å². The van der Waals surface area contributed by atoms with E-state index in [2.05, 4.69) is 0 Å². The Morgan fingerprint density at radius 2 is 1.94 bits per heavy atom. The van der Waals surface area contributed by atoms with Crippen LogP contribution in [0.3, 0.4) is 0 Å². The molecule has 0 saturated heterocycles. The summed E-state index contributed by atoms with van der Waals surface area (Å²) >= 11 is 0. The van der Waals surface area contributed by atoms with Crippen molar-refractivity contribution in [2.75, 3.05) is 5.73 Å². The van der Waals surface area contributed by atoms with Crippen LogP contribution in [0.2, 0.25) is 0 Å². The van der Waals surface area contributed by atoms with Crippen molar-refractivity contribution in [2.24, 2.45) is 11.7 Å². The number of aromatic hydroxyl groups is 1. The second kappa shape index (κ2) is 4.14. The largest absolute Gasteiger partial charge is 0.511 e. The van der Waals surface area contributed by atoms with Crippen LogP contribution in [-0.2, 0) is 0 Å². The fraction of sp³-hybridized carbons (Fsp3) is 0.231. The van der Waals surface area contributed by atoms with Crippen molar-refractivity contribution in [3.63, 3.8) is 0 Å². The van der Waals surface area contributed by atoms with E-state index in [1.54, 1.807) is 24.3 Å². The van der Waals surface area contributed by atoms with Gasteiger partial charge in [-0.3, -0.25) is 0 Å². The van der Waals surface area contributed by atoms with Crippen molar-refractivity contribution in [3.05, 3.63) is 41.7 Å². The third-order valence-electron chi connectivity index (χ3n) is 3.02. The van der Waals surface area contributed by atoms with Gasteiger partial charge in [0, 0.05) is 0 Å². The highest BCUT2D eigenvalue weighted by atomic mass is 16.3. The SMILES string of the molecule is CC1C=C(c2ccc(N)c(O)c2)C=C(O)C1N. The van der Waals surface area contributed by atoms with E-state index in [0.717, 1.165) is 11.1 Å². The van der Waals surface area contributed by atoms with Gasteiger partial charge < -0.3 is 21.7 Å². The molecule has 0 heterocycles. The van der Waals surface area contributed by atoms with E-state index in [1.165, 1.54) is 0 Å². The summed E-state index contributed by atoms with van der Waals surface area (Å²) < 4.78 is 0. The summed E-state index contributed by atoms with van der Waals surface area (Å²) in [6.45, 7) is 1.94. The van der Waals surface area contributed by atoms with Crippen molar-refractivity contribution in [1.82, 2.24) is 0 Å². The zero-order valence-corrected chi connectivity index (χ0v) is 9.59. The number of nitrogens with two attached hydrogens (primary N) is 2. The topological polar surface area (TPSA) is 92.5 Å². The van der Waals surface area contributed by atoms with Crippen LogP contribution in [0, 0.1) is 5.92 Å². The zero-order valence-electron chi connectivity index (χ0n) is 9.59. The smallest absolute Gasteiger partial charge is 0.139 e. The number of nitrogen functional groups attached to an aromatic ring is 1. The highest BCUT2D eigenvalue weighted by Gasteiger charge is 2.20. The molecule has 0 aliphatic heterocycles. The number of phenols is 1. The molecule has 4 nitrogen and oxygen atoms in total. The summed E-state index contributed by atoms with van der Waals surface area (Å²) in [5, 5.41) is 19.3. The molecule has 0 bridgehead atoms. The second-order valence-electron chi connectivity index (χ2n) is 4.35. The van der Waals surface area contributed by atoms with E-state index in [4.69, 9.17) is 11.5 Å². The summed E-state index contributed by atoms with van der Waals surface area (Å²) in [4.78, 5) is 0. The van der Waals surface area contributed by atoms with Gasteiger partial charge in [-0.2, -0.15) is 0 Å². The first-order chi connectivity index (χ1) is 7.99. The number of aliphatic hydroxyl groups excluding tert-OH is 1. The molecule has 17 heavy (non-hydrogen) atoms. The first-order valence-corrected chi connectivity index (χ1v) is 5.46. The fourth-order valence-corrected chi connectivity index (χ4v) is 1.86. The number of anilines is 1. The molecule has 2 unspecified atom stereocenters. The molecule has 0 radical (unpaired) electrons. The highest BCUT2D eigenvalue weighted by molar-refractivity contribution is 5.78. The van der Waals surface area contributed by atoms with Crippen molar-refractivity contribution < 1.29 is 10.2 Å². The minimum atomic E-state index is -0.360. The minimum absolute atomic E-state index is 0.0406. The van der Waals surface area contributed by atoms with Crippen LogP contribution in [0.25, 0.3) is 5.57 Å². The Kier molecular flexibility index (Phi) is 2.81. The summed E-state index contributed by atoms with van der Waals surface area (Å²) in [5.41, 5.74) is 13.3. The van der Waals surface area contributed by atoms with Gasteiger partial charge in [0.1, 0.15) is 11.5 Å². The van der Waals surface area contributed by atoms with Gasteiger partial charge in [-0.25, -0.2) is 0 Å². The van der Waals surface area contributed by atoms with Gasteiger partial charge >= 0.3 is 0 Å². The summed E-state index contributed by atoms with van der Waals surface area (Å²) in [5.74, 6) is 0.250. The van der Waals surface area contributed by atoms with E-state index in [9.17, 15) is 10.2 Å². The van der Waals surface area contributed by atoms with E-state index in [0.29, 0.717) is 5.69 Å². The van der Waals surface area contributed by atoms with Crippen molar-refractivity contribution in [2.45, 2.75) is 13.0 Å². The lowest BCUT2D eigenvalue weighted by Gasteiger charge is -2.22. The fourth-order valence-electron chi connectivity index (χ4n) is 1.86. The zero-order chi connectivity index (χ0) is 12.6. The Morgan fingerprint density at radius 1 is 1.24 bits per heavy atom.